The Hall–Kier alpha value is -5.31. The van der Waals surface area contributed by atoms with Crippen LogP contribution in [0.25, 0.3) is 65.4 Å². The van der Waals surface area contributed by atoms with Crippen LogP contribution in [-0.2, 0) is 0 Å². The summed E-state index contributed by atoms with van der Waals surface area (Å²) in [4.78, 5) is 52.0. The van der Waals surface area contributed by atoms with E-state index in [4.69, 9.17) is 14.2 Å². The highest BCUT2D eigenvalue weighted by Crippen LogP contribution is 2.33. The molecule has 7 aromatic rings. The molecule has 0 atom stereocenters. The average molecular weight is 520 g/mol. The lowest BCUT2D eigenvalue weighted by Gasteiger charge is -2.14. The van der Waals surface area contributed by atoms with Gasteiger partial charge in [-0.1, -0.05) is 0 Å². The van der Waals surface area contributed by atoms with Crippen molar-refractivity contribution < 1.29 is 14.2 Å². The minimum atomic E-state index is -0.319. The Morgan fingerprint density at radius 3 is 1.00 bits per heavy atom. The van der Waals surface area contributed by atoms with Crippen LogP contribution in [0.3, 0.4) is 0 Å². The second kappa shape index (κ2) is 8.09. The zero-order chi connectivity index (χ0) is 27.0. The highest BCUT2D eigenvalue weighted by atomic mass is 16.5. The summed E-state index contributed by atoms with van der Waals surface area (Å²) >= 11 is 0. The minimum Gasteiger partial charge on any atom is -0.497 e. The maximum atomic E-state index is 14.0. The second-order valence-electron chi connectivity index (χ2n) is 9.35. The van der Waals surface area contributed by atoms with Crippen molar-refractivity contribution in [1.29, 1.82) is 0 Å². The smallest absolute Gasteiger partial charge is 0.199 e. The van der Waals surface area contributed by atoms with E-state index < -0.39 is 0 Å². The molecule has 9 heteroatoms. The molecule has 3 heterocycles. The number of rotatable bonds is 3. The van der Waals surface area contributed by atoms with Crippen LogP contribution < -0.4 is 30.5 Å². The number of pyridine rings is 3. The van der Waals surface area contributed by atoms with Gasteiger partial charge in [0, 0.05) is 34.4 Å². The number of aromatic amines is 3. The molecular formula is C30H21N3O6. The van der Waals surface area contributed by atoms with Crippen molar-refractivity contribution in [3.63, 3.8) is 0 Å². The first-order valence-electron chi connectivity index (χ1n) is 12.2. The molecule has 0 aliphatic heterocycles. The quantitative estimate of drug-likeness (QED) is 0.230. The van der Waals surface area contributed by atoms with E-state index in [2.05, 4.69) is 15.0 Å². The number of nitrogens with one attached hydrogen (secondary N) is 3. The average Bonchev–Trinajstić information content (AvgIpc) is 2.96. The fourth-order valence-electron chi connectivity index (χ4n) is 5.47. The molecule has 0 amide bonds. The van der Waals surface area contributed by atoms with E-state index in [1.807, 2.05) is 0 Å². The molecule has 0 fully saturated rings. The largest absolute Gasteiger partial charge is 0.497 e. The molecule has 3 aromatic heterocycles. The van der Waals surface area contributed by atoms with Crippen molar-refractivity contribution >= 4 is 65.4 Å². The summed E-state index contributed by atoms with van der Waals surface area (Å²) in [5, 5.41) is 1.86. The summed E-state index contributed by atoms with van der Waals surface area (Å²) in [5.41, 5.74) is 1.52. The van der Waals surface area contributed by atoms with Crippen LogP contribution in [0.15, 0.2) is 69.0 Å². The Morgan fingerprint density at radius 1 is 0.462 bits per heavy atom. The van der Waals surface area contributed by atoms with Crippen LogP contribution in [-0.4, -0.2) is 36.3 Å². The van der Waals surface area contributed by atoms with Crippen LogP contribution in [0, 0.1) is 0 Å². The van der Waals surface area contributed by atoms with E-state index in [9.17, 15) is 14.4 Å². The SMILES string of the molecule is COc1ccc2c(=O)c3c4[nH]c5cc(OC)ccc5c(=O)c4c4[nH]c5cc(OC)ccc5c(=O)c4c3[nH]c2c1. The number of hydrogen-bond donors (Lipinski definition) is 3. The monoisotopic (exact) mass is 519 g/mol. The van der Waals surface area contributed by atoms with Crippen molar-refractivity contribution in [2.75, 3.05) is 21.3 Å². The van der Waals surface area contributed by atoms with E-state index in [0.717, 1.165) is 0 Å². The van der Waals surface area contributed by atoms with Crippen molar-refractivity contribution in [3.8, 4) is 17.2 Å². The lowest BCUT2D eigenvalue weighted by molar-refractivity contribution is 0.415. The second-order valence-corrected chi connectivity index (χ2v) is 9.35. The van der Waals surface area contributed by atoms with Gasteiger partial charge in [0.05, 0.1) is 70.6 Å². The zero-order valence-electron chi connectivity index (χ0n) is 21.1. The van der Waals surface area contributed by atoms with Gasteiger partial charge in [0.15, 0.2) is 16.3 Å². The summed E-state index contributed by atoms with van der Waals surface area (Å²) < 4.78 is 16.1. The Bertz CT molecular complexity index is 2070. The van der Waals surface area contributed by atoms with Crippen molar-refractivity contribution in [3.05, 3.63) is 85.3 Å². The maximum absolute atomic E-state index is 14.0. The highest BCUT2D eigenvalue weighted by molar-refractivity contribution is 6.25. The summed E-state index contributed by atoms with van der Waals surface area (Å²) in [6.45, 7) is 0. The number of hydrogen-bond acceptors (Lipinski definition) is 6. The number of ether oxygens (including phenoxy) is 3. The Kier molecular flexibility index (Phi) is 4.74. The molecule has 3 N–H and O–H groups in total. The van der Waals surface area contributed by atoms with Gasteiger partial charge >= 0.3 is 0 Å². The fraction of sp³-hybridized carbons (Fsp3) is 0.100. The first kappa shape index (κ1) is 22.9. The van der Waals surface area contributed by atoms with Gasteiger partial charge in [-0.2, -0.15) is 0 Å². The summed E-state index contributed by atoms with van der Waals surface area (Å²) in [6.07, 6.45) is 0. The molecule has 7 rings (SSSR count). The van der Waals surface area contributed by atoms with Gasteiger partial charge in [-0.15, -0.1) is 0 Å². The summed E-state index contributed by atoms with van der Waals surface area (Å²) in [6, 6.07) is 15.2. The van der Waals surface area contributed by atoms with Crippen LogP contribution >= 0.6 is 0 Å². The summed E-state index contributed by atoms with van der Waals surface area (Å²) in [7, 11) is 4.62. The van der Waals surface area contributed by atoms with Gasteiger partial charge in [0.25, 0.3) is 0 Å². The molecule has 0 saturated heterocycles. The van der Waals surface area contributed by atoms with E-state index in [1.165, 1.54) is 0 Å². The molecule has 4 aromatic carbocycles. The minimum absolute atomic E-state index is 0.218. The van der Waals surface area contributed by atoms with Gasteiger partial charge in [-0.3, -0.25) is 14.4 Å². The van der Waals surface area contributed by atoms with Crippen LogP contribution in [0.5, 0.6) is 17.2 Å². The van der Waals surface area contributed by atoms with E-state index in [1.54, 1.807) is 75.9 Å². The lowest BCUT2D eigenvalue weighted by atomic mass is 9.98. The molecule has 0 spiro atoms. The molecule has 39 heavy (non-hydrogen) atoms. The van der Waals surface area contributed by atoms with E-state index in [0.29, 0.717) is 66.5 Å². The van der Waals surface area contributed by atoms with Gasteiger partial charge in [-0.05, 0) is 36.4 Å². The predicted octanol–water partition coefficient (Wildman–Crippen LogP) is 4.70. The number of benzene rings is 4. The van der Waals surface area contributed by atoms with E-state index in [-0.39, 0.29) is 32.4 Å². The van der Waals surface area contributed by atoms with Crippen LogP contribution in [0.4, 0.5) is 0 Å². The normalized spacial score (nSPS) is 11.8. The summed E-state index contributed by atoms with van der Waals surface area (Å²) in [5.74, 6) is 1.67. The molecule has 192 valence electrons. The van der Waals surface area contributed by atoms with E-state index >= 15 is 0 Å². The molecule has 0 saturated carbocycles. The standard InChI is InChI=1S/C30H21N3O6/c1-37-13-4-7-16-19(10-13)31-25-22(28(16)34)26-24(30(36)18-9-6-15(39-3)12-21(18)32-26)27-23(25)29(35)17-8-5-14(38-2)11-20(17)33-27/h4-12H,1-3H3,(H,31,34)(H,32,36)(H,33,35). The Labute approximate surface area is 218 Å². The highest BCUT2D eigenvalue weighted by Gasteiger charge is 2.22. The lowest BCUT2D eigenvalue weighted by Crippen LogP contribution is -2.15. The number of fused-ring (bicyclic) bond motifs is 9. The molecule has 0 bridgehead atoms. The predicted molar refractivity (Wildman–Crippen MR) is 153 cm³/mol. The zero-order valence-corrected chi connectivity index (χ0v) is 21.1. The Balaban J connectivity index is 1.84. The first-order chi connectivity index (χ1) is 18.9. The molecule has 0 aliphatic rings. The number of methoxy groups -OCH3 is 3. The van der Waals surface area contributed by atoms with Gasteiger partial charge in [0.1, 0.15) is 17.2 Å². The van der Waals surface area contributed by atoms with Crippen molar-refractivity contribution in [1.82, 2.24) is 15.0 Å². The third-order valence-electron chi connectivity index (χ3n) is 7.37. The molecule has 9 nitrogen and oxygen atoms in total. The maximum Gasteiger partial charge on any atom is 0.199 e. The number of aromatic nitrogens is 3. The third kappa shape index (κ3) is 3.10. The molecule has 0 radical (unpaired) electrons. The Morgan fingerprint density at radius 2 is 0.744 bits per heavy atom. The van der Waals surface area contributed by atoms with Gasteiger partial charge in [-0.25, -0.2) is 0 Å². The molecule has 0 aliphatic carbocycles. The third-order valence-corrected chi connectivity index (χ3v) is 7.37. The van der Waals surface area contributed by atoms with Crippen molar-refractivity contribution in [2.24, 2.45) is 0 Å². The first-order valence-corrected chi connectivity index (χ1v) is 12.2. The molecule has 0 unspecified atom stereocenters. The van der Waals surface area contributed by atoms with Crippen LogP contribution in [0.1, 0.15) is 0 Å². The fourth-order valence-corrected chi connectivity index (χ4v) is 5.47. The van der Waals surface area contributed by atoms with Crippen molar-refractivity contribution in [2.45, 2.75) is 0 Å². The van der Waals surface area contributed by atoms with Crippen LogP contribution in [0.2, 0.25) is 0 Å². The number of H-pyrrole nitrogens is 3. The topological polar surface area (TPSA) is 126 Å². The molecular weight excluding hydrogens is 498 g/mol. The van der Waals surface area contributed by atoms with Gasteiger partial charge in [0.2, 0.25) is 0 Å². The van der Waals surface area contributed by atoms with Gasteiger partial charge < -0.3 is 29.2 Å².